The third-order valence-corrected chi connectivity index (χ3v) is 2.44. The molecular formula is C9H12BrF4NO2. The van der Waals surface area contributed by atoms with E-state index in [9.17, 15) is 27.2 Å². The second-order valence-corrected chi connectivity index (χ2v) is 4.67. The Bertz CT molecular complexity index is 307. The summed E-state index contributed by atoms with van der Waals surface area (Å²) in [7, 11) is 0. The lowest BCUT2D eigenvalue weighted by atomic mass is 9.98. The van der Waals surface area contributed by atoms with E-state index in [0.717, 1.165) is 0 Å². The number of carbonyl (C=O) groups excluding carboxylic acids is 2. The number of carbonyl (C=O) groups is 2. The van der Waals surface area contributed by atoms with Crippen molar-refractivity contribution < 1.29 is 27.2 Å². The van der Waals surface area contributed by atoms with Crippen LogP contribution >= 0.6 is 15.9 Å². The molecule has 100 valence electrons. The summed E-state index contributed by atoms with van der Waals surface area (Å²) in [6.45, 7) is 2.60. The third kappa shape index (κ3) is 5.01. The first kappa shape index (κ1) is 16.3. The van der Waals surface area contributed by atoms with E-state index in [1.54, 1.807) is 5.32 Å². The van der Waals surface area contributed by atoms with Gasteiger partial charge in [-0.2, -0.15) is 8.78 Å². The smallest absolute Gasteiger partial charge is 0.345 e. The molecular weight excluding hydrogens is 310 g/mol. The standard InChI is InChI=1S/C9H12BrF4NO2/c1-8(2,3-5(16)4-10)15-7(17)9(13,14)6(11)12/h6H,3-4H2,1-2H3,(H,15,17). The van der Waals surface area contributed by atoms with Gasteiger partial charge in [0.15, 0.2) is 0 Å². The molecule has 0 unspecified atom stereocenters. The first-order valence-electron chi connectivity index (χ1n) is 4.59. The van der Waals surface area contributed by atoms with Crippen LogP contribution < -0.4 is 5.32 Å². The van der Waals surface area contributed by atoms with Gasteiger partial charge in [0.25, 0.3) is 5.91 Å². The van der Waals surface area contributed by atoms with Gasteiger partial charge in [0.2, 0.25) is 0 Å². The van der Waals surface area contributed by atoms with Gasteiger partial charge in [-0.05, 0) is 13.8 Å². The SMILES string of the molecule is CC(C)(CC(=O)CBr)NC(=O)C(F)(F)C(F)F. The number of ketones is 1. The maximum Gasteiger partial charge on any atom is 0.383 e. The minimum Gasteiger partial charge on any atom is -0.345 e. The molecule has 0 saturated carbocycles. The Balaban J connectivity index is 4.62. The molecule has 0 heterocycles. The summed E-state index contributed by atoms with van der Waals surface area (Å²) in [6.07, 6.45) is -4.31. The number of alkyl halides is 5. The topological polar surface area (TPSA) is 46.2 Å². The summed E-state index contributed by atoms with van der Waals surface area (Å²) in [5, 5.41) is 1.73. The molecule has 3 nitrogen and oxygen atoms in total. The van der Waals surface area contributed by atoms with E-state index in [-0.39, 0.29) is 17.5 Å². The predicted octanol–water partition coefficient (Wildman–Crippen LogP) is 2.14. The lowest BCUT2D eigenvalue weighted by molar-refractivity contribution is -0.171. The Kier molecular flexibility index (Phi) is 5.57. The zero-order chi connectivity index (χ0) is 13.9. The lowest BCUT2D eigenvalue weighted by Crippen LogP contribution is -2.53. The molecule has 0 aromatic heterocycles. The largest absolute Gasteiger partial charge is 0.383 e. The van der Waals surface area contributed by atoms with Crippen LogP contribution in [0.4, 0.5) is 17.6 Å². The van der Waals surface area contributed by atoms with Crippen LogP contribution in [0.2, 0.25) is 0 Å². The van der Waals surface area contributed by atoms with Crippen molar-refractivity contribution in [2.24, 2.45) is 0 Å². The van der Waals surface area contributed by atoms with Crippen LogP contribution in [0, 0.1) is 0 Å². The number of hydrogen-bond acceptors (Lipinski definition) is 2. The van der Waals surface area contributed by atoms with Crippen molar-refractivity contribution in [2.45, 2.75) is 38.2 Å². The van der Waals surface area contributed by atoms with E-state index in [1.807, 2.05) is 0 Å². The highest BCUT2D eigenvalue weighted by Gasteiger charge is 2.50. The van der Waals surface area contributed by atoms with Crippen molar-refractivity contribution in [3.8, 4) is 0 Å². The number of amides is 1. The maximum atomic E-state index is 12.6. The average Bonchev–Trinajstić information content (AvgIpc) is 2.15. The van der Waals surface area contributed by atoms with E-state index in [2.05, 4.69) is 15.9 Å². The fourth-order valence-corrected chi connectivity index (χ4v) is 1.27. The second kappa shape index (κ2) is 5.79. The van der Waals surface area contributed by atoms with Gasteiger partial charge in [-0.3, -0.25) is 9.59 Å². The van der Waals surface area contributed by atoms with Gasteiger partial charge in [-0.15, -0.1) is 0 Å². The molecule has 0 saturated heterocycles. The number of halogens is 5. The quantitative estimate of drug-likeness (QED) is 0.602. The molecule has 0 aliphatic heterocycles. The van der Waals surface area contributed by atoms with E-state index < -0.39 is 23.8 Å². The number of nitrogens with one attached hydrogen (secondary N) is 1. The molecule has 1 N–H and O–H groups in total. The lowest BCUT2D eigenvalue weighted by Gasteiger charge is -2.27. The fourth-order valence-electron chi connectivity index (χ4n) is 1.07. The molecule has 0 rings (SSSR count). The molecule has 0 atom stereocenters. The van der Waals surface area contributed by atoms with Crippen molar-refractivity contribution >= 4 is 27.6 Å². The summed E-state index contributed by atoms with van der Waals surface area (Å²) in [5.41, 5.74) is -1.31. The van der Waals surface area contributed by atoms with Crippen LogP contribution in [-0.4, -0.2) is 34.9 Å². The number of hydrogen-bond donors (Lipinski definition) is 1. The van der Waals surface area contributed by atoms with Gasteiger partial charge in [0, 0.05) is 12.0 Å². The normalized spacial score (nSPS) is 12.7. The highest BCUT2D eigenvalue weighted by molar-refractivity contribution is 9.09. The Labute approximate surface area is 104 Å². The van der Waals surface area contributed by atoms with Crippen molar-refractivity contribution in [1.29, 1.82) is 0 Å². The molecule has 8 heteroatoms. The summed E-state index contributed by atoms with van der Waals surface area (Å²) in [5.74, 6) is -7.18. The Morgan fingerprint density at radius 1 is 1.29 bits per heavy atom. The molecule has 0 spiro atoms. The minimum atomic E-state index is -4.76. The molecule has 0 aromatic rings. The molecule has 1 amide bonds. The second-order valence-electron chi connectivity index (χ2n) is 4.11. The Morgan fingerprint density at radius 3 is 2.12 bits per heavy atom. The Hall–Kier alpha value is -0.660. The van der Waals surface area contributed by atoms with Crippen molar-refractivity contribution in [1.82, 2.24) is 5.32 Å². The van der Waals surface area contributed by atoms with Crippen LogP contribution in [0.1, 0.15) is 20.3 Å². The van der Waals surface area contributed by atoms with E-state index >= 15 is 0 Å². The number of rotatable bonds is 6. The van der Waals surface area contributed by atoms with Crippen LogP contribution in [0.5, 0.6) is 0 Å². The summed E-state index contributed by atoms with van der Waals surface area (Å²) in [4.78, 5) is 22.0. The van der Waals surface area contributed by atoms with Crippen molar-refractivity contribution in [3.63, 3.8) is 0 Å². The molecule has 0 radical (unpaired) electrons. The average molecular weight is 322 g/mol. The molecule has 17 heavy (non-hydrogen) atoms. The fraction of sp³-hybridized carbons (Fsp3) is 0.778. The van der Waals surface area contributed by atoms with E-state index in [0.29, 0.717) is 0 Å². The summed E-state index contributed by atoms with van der Waals surface area (Å²) < 4.78 is 49.0. The first-order valence-corrected chi connectivity index (χ1v) is 5.71. The first-order chi connectivity index (χ1) is 7.53. The third-order valence-electron chi connectivity index (χ3n) is 1.82. The zero-order valence-corrected chi connectivity index (χ0v) is 10.8. The highest BCUT2D eigenvalue weighted by Crippen LogP contribution is 2.24. The van der Waals surface area contributed by atoms with Crippen LogP contribution in [-0.2, 0) is 9.59 Å². The molecule has 0 fully saturated rings. The van der Waals surface area contributed by atoms with Crippen molar-refractivity contribution in [3.05, 3.63) is 0 Å². The van der Waals surface area contributed by atoms with E-state index in [4.69, 9.17) is 0 Å². The van der Waals surface area contributed by atoms with Gasteiger partial charge >= 0.3 is 12.3 Å². The molecule has 0 aromatic carbocycles. The monoisotopic (exact) mass is 321 g/mol. The summed E-state index contributed by atoms with van der Waals surface area (Å²) in [6, 6.07) is 0. The molecule has 0 aliphatic rings. The Morgan fingerprint density at radius 2 is 1.76 bits per heavy atom. The maximum absolute atomic E-state index is 12.6. The number of Topliss-reactive ketones (excluding diaryl/α,β-unsaturated/α-hetero) is 1. The van der Waals surface area contributed by atoms with Gasteiger partial charge in [-0.25, -0.2) is 8.78 Å². The van der Waals surface area contributed by atoms with Gasteiger partial charge in [0.1, 0.15) is 5.78 Å². The van der Waals surface area contributed by atoms with Gasteiger partial charge in [-0.1, -0.05) is 15.9 Å². The van der Waals surface area contributed by atoms with Gasteiger partial charge < -0.3 is 5.32 Å². The molecule has 0 aliphatic carbocycles. The zero-order valence-electron chi connectivity index (χ0n) is 9.20. The molecule has 0 bridgehead atoms. The van der Waals surface area contributed by atoms with Crippen LogP contribution in [0.25, 0.3) is 0 Å². The van der Waals surface area contributed by atoms with Crippen molar-refractivity contribution in [2.75, 3.05) is 5.33 Å². The summed E-state index contributed by atoms with van der Waals surface area (Å²) >= 11 is 2.87. The van der Waals surface area contributed by atoms with Crippen LogP contribution in [0.3, 0.4) is 0 Å². The van der Waals surface area contributed by atoms with E-state index in [1.165, 1.54) is 13.8 Å². The van der Waals surface area contributed by atoms with Crippen LogP contribution in [0.15, 0.2) is 0 Å². The minimum absolute atomic E-state index is 0.00244. The van der Waals surface area contributed by atoms with Gasteiger partial charge in [0.05, 0.1) is 5.33 Å². The highest BCUT2D eigenvalue weighted by atomic mass is 79.9. The predicted molar refractivity (Wildman–Crippen MR) is 56.6 cm³/mol.